The van der Waals surface area contributed by atoms with Crippen molar-refractivity contribution in [3.05, 3.63) is 24.3 Å². The molecule has 176 valence electrons. The summed E-state index contributed by atoms with van der Waals surface area (Å²) in [5, 5.41) is 10.1. The standard InChI is InChI=1S/C24H34N2O5S/c1-4-6-7-12-25-13-8-11-24-17(18-22(30)31-14-9-10-23(18,3)32-24)20(28)26(16(5-2)15-27)19(24)21(25)29/h8-11,16-19,27H,4-7,12-15H2,1-3H3/t16-,17-,18+,19?,23-,24-/m0/s1. The second kappa shape index (κ2) is 8.86. The van der Waals surface area contributed by atoms with Crippen LogP contribution in [0.1, 0.15) is 46.5 Å². The zero-order valence-electron chi connectivity index (χ0n) is 19.2. The molecule has 7 nitrogen and oxygen atoms in total. The Bertz CT molecular complexity index is 840. The fourth-order valence-electron chi connectivity index (χ4n) is 5.90. The van der Waals surface area contributed by atoms with E-state index in [1.54, 1.807) is 16.7 Å². The number of hydrogen-bond acceptors (Lipinski definition) is 6. The Morgan fingerprint density at radius 3 is 2.62 bits per heavy atom. The predicted octanol–water partition coefficient (Wildman–Crippen LogP) is 2.15. The van der Waals surface area contributed by atoms with Crippen molar-refractivity contribution in [3.8, 4) is 0 Å². The maximum atomic E-state index is 14.0. The average molecular weight is 463 g/mol. The largest absolute Gasteiger partial charge is 0.461 e. The zero-order chi connectivity index (χ0) is 23.1. The van der Waals surface area contributed by atoms with Gasteiger partial charge >= 0.3 is 5.97 Å². The molecule has 32 heavy (non-hydrogen) atoms. The predicted molar refractivity (Wildman–Crippen MR) is 123 cm³/mol. The highest BCUT2D eigenvalue weighted by atomic mass is 32.2. The Morgan fingerprint density at radius 2 is 1.94 bits per heavy atom. The monoisotopic (exact) mass is 462 g/mol. The van der Waals surface area contributed by atoms with E-state index in [9.17, 15) is 19.5 Å². The minimum Gasteiger partial charge on any atom is -0.461 e. The van der Waals surface area contributed by atoms with Gasteiger partial charge < -0.3 is 19.6 Å². The molecular weight excluding hydrogens is 428 g/mol. The van der Waals surface area contributed by atoms with Gasteiger partial charge in [-0.15, -0.1) is 11.8 Å². The van der Waals surface area contributed by atoms with Crippen molar-refractivity contribution in [3.63, 3.8) is 0 Å². The molecule has 0 aromatic heterocycles. The molecule has 4 heterocycles. The van der Waals surface area contributed by atoms with Crippen molar-refractivity contribution in [1.29, 1.82) is 0 Å². The fraction of sp³-hybridized carbons (Fsp3) is 0.708. The molecule has 2 saturated heterocycles. The number of esters is 1. The van der Waals surface area contributed by atoms with Gasteiger partial charge in [0.05, 0.1) is 29.2 Å². The van der Waals surface area contributed by atoms with Gasteiger partial charge in [0.2, 0.25) is 11.8 Å². The smallest absolute Gasteiger partial charge is 0.311 e. The first-order chi connectivity index (χ1) is 15.3. The Labute approximate surface area is 194 Å². The van der Waals surface area contributed by atoms with Gasteiger partial charge in [0.15, 0.2) is 0 Å². The quantitative estimate of drug-likeness (QED) is 0.354. The Morgan fingerprint density at radius 1 is 1.16 bits per heavy atom. The van der Waals surface area contributed by atoms with E-state index in [0.717, 1.165) is 19.3 Å². The lowest BCUT2D eigenvalue weighted by molar-refractivity contribution is -0.153. The first-order valence-corrected chi connectivity index (χ1v) is 12.6. The van der Waals surface area contributed by atoms with Gasteiger partial charge in [-0.05, 0) is 25.8 Å². The van der Waals surface area contributed by atoms with Gasteiger partial charge in [0.1, 0.15) is 12.6 Å². The number of carbonyl (C=O) groups is 3. The van der Waals surface area contributed by atoms with E-state index in [1.807, 2.05) is 43.1 Å². The highest BCUT2D eigenvalue weighted by Gasteiger charge is 2.74. The summed E-state index contributed by atoms with van der Waals surface area (Å²) in [6, 6.07) is -1.21. The number of amides is 2. The first-order valence-electron chi connectivity index (χ1n) is 11.8. The van der Waals surface area contributed by atoms with Gasteiger partial charge in [-0.3, -0.25) is 14.4 Å². The second-order valence-electron chi connectivity index (χ2n) is 9.41. The molecule has 2 amide bonds. The molecule has 1 spiro atoms. The van der Waals surface area contributed by atoms with E-state index >= 15 is 0 Å². The third kappa shape index (κ3) is 3.41. The summed E-state index contributed by atoms with van der Waals surface area (Å²) in [7, 11) is 0. The summed E-state index contributed by atoms with van der Waals surface area (Å²) in [6.07, 6.45) is 11.3. The molecule has 0 aromatic rings. The molecule has 0 aliphatic carbocycles. The van der Waals surface area contributed by atoms with Crippen molar-refractivity contribution in [2.75, 3.05) is 26.3 Å². The van der Waals surface area contributed by atoms with Crippen LogP contribution < -0.4 is 0 Å². The molecule has 4 rings (SSSR count). The molecule has 4 aliphatic rings. The van der Waals surface area contributed by atoms with Gasteiger partial charge in [0.25, 0.3) is 0 Å². The molecule has 0 aromatic carbocycles. The highest BCUT2D eigenvalue weighted by molar-refractivity contribution is 8.02. The summed E-state index contributed by atoms with van der Waals surface area (Å²) in [5.41, 5.74) is 0. The van der Waals surface area contributed by atoms with E-state index in [1.165, 1.54) is 0 Å². The summed E-state index contributed by atoms with van der Waals surface area (Å²) in [6.45, 7) is 7.11. The summed E-state index contributed by atoms with van der Waals surface area (Å²) in [5.74, 6) is -2.07. The van der Waals surface area contributed by atoms with E-state index in [-0.39, 0.29) is 31.0 Å². The van der Waals surface area contributed by atoms with Crippen LogP contribution in [0.2, 0.25) is 0 Å². The average Bonchev–Trinajstić information content (AvgIpc) is 3.03. The maximum Gasteiger partial charge on any atom is 0.311 e. The topological polar surface area (TPSA) is 87.2 Å². The van der Waals surface area contributed by atoms with Crippen LogP contribution in [-0.4, -0.2) is 80.6 Å². The van der Waals surface area contributed by atoms with Gasteiger partial charge in [-0.1, -0.05) is 44.9 Å². The van der Waals surface area contributed by atoms with Crippen LogP contribution in [0.5, 0.6) is 0 Å². The number of hydrogen-bond donors (Lipinski definition) is 1. The molecule has 2 fully saturated rings. The molecule has 0 bridgehead atoms. The lowest BCUT2D eigenvalue weighted by Crippen LogP contribution is -2.56. The fourth-order valence-corrected chi connectivity index (χ4v) is 8.04. The van der Waals surface area contributed by atoms with Gasteiger partial charge in [-0.2, -0.15) is 0 Å². The molecule has 6 atom stereocenters. The van der Waals surface area contributed by atoms with Gasteiger partial charge in [-0.25, -0.2) is 0 Å². The summed E-state index contributed by atoms with van der Waals surface area (Å²) < 4.78 is 3.93. The molecular formula is C24H34N2O5S. The van der Waals surface area contributed by atoms with Gasteiger partial charge in [0, 0.05) is 17.8 Å². The number of likely N-dealkylation sites (tertiary alicyclic amines) is 1. The Hall–Kier alpha value is -1.80. The number of fused-ring (bicyclic) bond motifs is 2. The van der Waals surface area contributed by atoms with Crippen molar-refractivity contribution in [1.82, 2.24) is 9.80 Å². The maximum absolute atomic E-state index is 14.0. The lowest BCUT2D eigenvalue weighted by Gasteiger charge is -2.39. The van der Waals surface area contributed by atoms with Crippen LogP contribution in [0.4, 0.5) is 0 Å². The normalized spacial score (nSPS) is 37.0. The van der Waals surface area contributed by atoms with Crippen LogP contribution in [0.15, 0.2) is 24.3 Å². The number of carbonyl (C=O) groups excluding carboxylic acids is 3. The van der Waals surface area contributed by atoms with Crippen molar-refractivity contribution in [2.24, 2.45) is 11.8 Å². The summed E-state index contributed by atoms with van der Waals surface area (Å²) in [4.78, 5) is 44.4. The third-order valence-corrected chi connectivity index (χ3v) is 9.24. The first kappa shape index (κ1) is 23.4. The van der Waals surface area contributed by atoms with Crippen molar-refractivity contribution >= 4 is 29.5 Å². The molecule has 4 aliphatic heterocycles. The van der Waals surface area contributed by atoms with Crippen LogP contribution in [0.3, 0.4) is 0 Å². The van der Waals surface area contributed by atoms with Crippen molar-refractivity contribution < 1.29 is 24.2 Å². The number of nitrogens with zero attached hydrogens (tertiary/aromatic N) is 2. The van der Waals surface area contributed by atoms with E-state index in [4.69, 9.17) is 4.74 Å². The van der Waals surface area contributed by atoms with E-state index in [2.05, 4.69) is 6.92 Å². The highest BCUT2D eigenvalue weighted by Crippen LogP contribution is 2.65. The number of unbranched alkanes of at least 4 members (excludes halogenated alkanes) is 2. The number of thioether (sulfide) groups is 1. The molecule has 0 saturated carbocycles. The van der Waals surface area contributed by atoms with E-state index < -0.39 is 33.4 Å². The minimum absolute atomic E-state index is 0.0845. The number of rotatable bonds is 7. The molecule has 8 heteroatoms. The molecule has 0 radical (unpaired) electrons. The molecule has 1 N–H and O–H groups in total. The number of ether oxygens (including phenoxy) is 1. The number of aliphatic hydroxyl groups is 1. The zero-order valence-corrected chi connectivity index (χ0v) is 20.0. The Balaban J connectivity index is 1.82. The molecule has 1 unspecified atom stereocenters. The SMILES string of the molecule is CCCCCN1CC=C[C@]23S[C@@]4(C)C=CCOC(=O)[C@H]4[C@H]2C(=O)N([C@@H](CC)CO)C3C1=O. The number of aliphatic hydroxyl groups excluding tert-OH is 1. The number of cyclic esters (lactones) is 1. The van der Waals surface area contributed by atoms with Crippen molar-refractivity contribution in [2.45, 2.75) is 68.0 Å². The van der Waals surface area contributed by atoms with Crippen LogP contribution in [0.25, 0.3) is 0 Å². The lowest BCUT2D eigenvalue weighted by atomic mass is 9.75. The van der Waals surface area contributed by atoms with E-state index in [0.29, 0.717) is 19.5 Å². The minimum atomic E-state index is -0.865. The summed E-state index contributed by atoms with van der Waals surface area (Å²) >= 11 is 1.54. The second-order valence-corrected chi connectivity index (χ2v) is 11.2. The van der Waals surface area contributed by atoms with Crippen LogP contribution in [0, 0.1) is 11.8 Å². The van der Waals surface area contributed by atoms with Crippen LogP contribution in [-0.2, 0) is 19.1 Å². The Kier molecular flexibility index (Phi) is 6.47. The van der Waals surface area contributed by atoms with Crippen LogP contribution >= 0.6 is 11.8 Å². The third-order valence-electron chi connectivity index (χ3n) is 7.44.